The van der Waals surface area contributed by atoms with Gasteiger partial charge < -0.3 is 16.0 Å². The molecule has 0 spiro atoms. The van der Waals surface area contributed by atoms with E-state index in [-0.39, 0.29) is 29.7 Å². The van der Waals surface area contributed by atoms with Crippen LogP contribution < -0.4 is 16.0 Å². The van der Waals surface area contributed by atoms with Gasteiger partial charge in [-0.2, -0.15) is 15.3 Å². The molecule has 7 aromatic heterocycles. The van der Waals surface area contributed by atoms with E-state index in [0.717, 1.165) is 106 Å². The number of hydrogen-bond acceptors (Lipinski definition) is 16. The van der Waals surface area contributed by atoms with Crippen molar-refractivity contribution in [2.24, 2.45) is 23.7 Å². The summed E-state index contributed by atoms with van der Waals surface area (Å²) >= 11 is 4.76. The van der Waals surface area contributed by atoms with E-state index in [1.54, 1.807) is 66.9 Å². The molecule has 0 bridgehead atoms. The van der Waals surface area contributed by atoms with Crippen molar-refractivity contribution in [3.8, 4) is 0 Å². The van der Waals surface area contributed by atoms with Gasteiger partial charge in [0.2, 0.25) is 17.7 Å². The van der Waals surface area contributed by atoms with Crippen LogP contribution in [-0.4, -0.2) is 83.2 Å². The highest BCUT2D eigenvalue weighted by Gasteiger charge is 2.39. The van der Waals surface area contributed by atoms with E-state index in [0.29, 0.717) is 41.3 Å². The third kappa shape index (κ3) is 15.2. The van der Waals surface area contributed by atoms with Gasteiger partial charge in [0.15, 0.2) is 16.9 Å². The highest BCUT2D eigenvalue weighted by molar-refractivity contribution is 7.99. The number of nitrogens with zero attached hydrogens (tertiary/aromatic N) is 10. The average Bonchev–Trinajstić information content (AvgIpc) is 4.54. The fourth-order valence-corrected chi connectivity index (χ4v) is 12.2. The molecule has 0 saturated heterocycles. The van der Waals surface area contributed by atoms with Crippen molar-refractivity contribution in [1.29, 1.82) is 0 Å². The Bertz CT molecular complexity index is 4040. The molecular weight excluding hydrogens is 1130 g/mol. The Kier molecular flexibility index (Phi) is 19.3. The Morgan fingerprint density at radius 3 is 1.37 bits per heavy atom. The van der Waals surface area contributed by atoms with E-state index < -0.39 is 17.5 Å². The molecule has 0 unspecified atom stereocenters. The van der Waals surface area contributed by atoms with Crippen molar-refractivity contribution >= 4 is 103 Å². The molecule has 1 saturated carbocycles. The number of aromatic amines is 3. The molecule has 6 N–H and O–H groups in total. The molecule has 3 amide bonds. The number of rotatable bonds is 17. The van der Waals surface area contributed by atoms with Gasteiger partial charge in [-0.25, -0.2) is 38.7 Å². The number of carbonyl (C=O) groups is 3. The topological polar surface area (TPSA) is 264 Å². The van der Waals surface area contributed by atoms with E-state index in [2.05, 4.69) is 108 Å². The van der Waals surface area contributed by atoms with Crippen LogP contribution in [0.2, 0.25) is 0 Å². The average molecular weight is 1180 g/mol. The molecule has 19 nitrogen and oxygen atoms in total. The van der Waals surface area contributed by atoms with Gasteiger partial charge in [-0.05, 0) is 101 Å². The SMILES string of the molecule is C[C@@H]1[C@H](C)[C@H](C)C[C@@H]1C(=O)Nc1cccc(CSc2ncnc3[nH]ncc23)c1.O=C(Cc1c(F)cccc1F)Nc1cccc(CSc2ncnc3[nH]ncc23)c1.O=C(Cc1cccnc1)Nc1cccc(CSc2ncnc3[nH]ncc23)c1. The maximum absolute atomic E-state index is 13.7. The van der Waals surface area contributed by atoms with E-state index >= 15 is 0 Å². The second kappa shape index (κ2) is 27.8. The summed E-state index contributed by atoms with van der Waals surface area (Å²) in [6.07, 6.45) is 14.0. The van der Waals surface area contributed by atoms with E-state index in [4.69, 9.17) is 0 Å². The van der Waals surface area contributed by atoms with E-state index in [1.807, 2.05) is 72.8 Å². The first-order valence-electron chi connectivity index (χ1n) is 26.7. The lowest BCUT2D eigenvalue weighted by Gasteiger charge is -2.18. The molecule has 4 aromatic carbocycles. The van der Waals surface area contributed by atoms with Gasteiger partial charge in [0.1, 0.15) is 45.7 Å². The van der Waals surface area contributed by atoms with Gasteiger partial charge in [-0.1, -0.05) is 69.3 Å². The molecule has 0 aliphatic heterocycles. The predicted octanol–water partition coefficient (Wildman–Crippen LogP) is 11.8. The Hall–Kier alpha value is -9.00. The van der Waals surface area contributed by atoms with Gasteiger partial charge in [0, 0.05) is 58.2 Å². The summed E-state index contributed by atoms with van der Waals surface area (Å²) in [5, 5.41) is 34.5. The number of H-pyrrole nitrogens is 3. The highest BCUT2D eigenvalue weighted by atomic mass is 32.2. The predicted molar refractivity (Wildman–Crippen MR) is 323 cm³/mol. The zero-order valence-corrected chi connectivity index (χ0v) is 48.1. The molecule has 0 radical (unpaired) electrons. The van der Waals surface area contributed by atoms with Crippen LogP contribution in [0, 0.1) is 35.3 Å². The number of pyridine rings is 1. The van der Waals surface area contributed by atoms with Crippen LogP contribution in [0.5, 0.6) is 0 Å². The molecule has 4 atom stereocenters. The van der Waals surface area contributed by atoms with E-state index in [1.165, 1.54) is 30.5 Å². The van der Waals surface area contributed by atoms with Crippen molar-refractivity contribution in [1.82, 2.24) is 65.5 Å². The number of amides is 3. The van der Waals surface area contributed by atoms with Gasteiger partial charge >= 0.3 is 0 Å². The quantitative estimate of drug-likeness (QED) is 0.0366. The van der Waals surface area contributed by atoms with Crippen LogP contribution in [-0.2, 0) is 44.5 Å². The Labute approximate surface area is 493 Å². The minimum atomic E-state index is -0.735. The second-order valence-corrected chi connectivity index (χ2v) is 22.8. The maximum Gasteiger partial charge on any atom is 0.229 e. The maximum atomic E-state index is 13.7. The number of aromatic nitrogens is 13. The monoisotopic (exact) mass is 1180 g/mol. The number of carbonyl (C=O) groups excluding carboxylic acids is 3. The van der Waals surface area contributed by atoms with Crippen molar-refractivity contribution in [3.63, 3.8) is 0 Å². The third-order valence-corrected chi connectivity index (χ3v) is 17.4. The molecule has 1 aliphatic rings. The van der Waals surface area contributed by atoms with Crippen LogP contribution >= 0.6 is 35.3 Å². The number of fused-ring (bicyclic) bond motifs is 3. The lowest BCUT2D eigenvalue weighted by Crippen LogP contribution is -2.25. The molecule has 12 rings (SSSR count). The normalized spacial score (nSPS) is 15.4. The molecule has 1 fully saturated rings. The fourth-order valence-electron chi connectivity index (χ4n) is 9.50. The van der Waals surface area contributed by atoms with Crippen LogP contribution in [0.25, 0.3) is 33.1 Å². The lowest BCUT2D eigenvalue weighted by molar-refractivity contribution is -0.121. The van der Waals surface area contributed by atoms with Crippen molar-refractivity contribution in [2.45, 2.75) is 72.4 Å². The van der Waals surface area contributed by atoms with Crippen molar-refractivity contribution in [2.75, 3.05) is 16.0 Å². The smallest absolute Gasteiger partial charge is 0.229 e. The summed E-state index contributed by atoms with van der Waals surface area (Å²) in [6, 6.07) is 30.4. The summed E-state index contributed by atoms with van der Waals surface area (Å²) in [5.74, 6) is 1.92. The fraction of sp³-hybridized carbons (Fsp3) is 0.217. The Morgan fingerprint density at radius 1 is 0.512 bits per heavy atom. The summed E-state index contributed by atoms with van der Waals surface area (Å²) in [7, 11) is 0. The van der Waals surface area contributed by atoms with Crippen LogP contribution in [0.15, 0.2) is 168 Å². The van der Waals surface area contributed by atoms with Crippen molar-refractivity contribution < 1.29 is 23.2 Å². The summed E-state index contributed by atoms with van der Waals surface area (Å²) < 4.78 is 27.4. The second-order valence-electron chi connectivity index (χ2n) is 19.9. The van der Waals surface area contributed by atoms with Gasteiger partial charge in [0.05, 0.1) is 47.6 Å². The Morgan fingerprint density at radius 2 is 0.940 bits per heavy atom. The minimum Gasteiger partial charge on any atom is -0.326 e. The number of nitrogens with one attached hydrogen (secondary N) is 6. The molecule has 426 valence electrons. The molecular formula is C60H56F2N16O3S3. The molecule has 11 aromatic rings. The van der Waals surface area contributed by atoms with Crippen molar-refractivity contribution in [3.05, 3.63) is 193 Å². The van der Waals surface area contributed by atoms with Gasteiger partial charge in [-0.3, -0.25) is 34.7 Å². The van der Waals surface area contributed by atoms with Crippen LogP contribution in [0.3, 0.4) is 0 Å². The summed E-state index contributed by atoms with van der Waals surface area (Å²) in [4.78, 5) is 66.6. The minimum absolute atomic E-state index is 0.0660. The van der Waals surface area contributed by atoms with Crippen LogP contribution in [0.4, 0.5) is 25.8 Å². The number of hydrogen-bond donors (Lipinski definition) is 6. The lowest BCUT2D eigenvalue weighted by atomic mass is 9.90. The number of halogens is 2. The van der Waals surface area contributed by atoms with Crippen LogP contribution in [0.1, 0.15) is 55.0 Å². The third-order valence-electron chi connectivity index (χ3n) is 14.2. The molecule has 1 aliphatic carbocycles. The summed E-state index contributed by atoms with van der Waals surface area (Å²) in [6.45, 7) is 6.70. The zero-order valence-electron chi connectivity index (χ0n) is 45.7. The first kappa shape index (κ1) is 58.2. The summed E-state index contributed by atoms with van der Waals surface area (Å²) in [5.41, 5.74) is 8.16. The zero-order chi connectivity index (χ0) is 58.4. The number of thioether (sulfide) groups is 3. The molecule has 84 heavy (non-hydrogen) atoms. The first-order valence-corrected chi connectivity index (χ1v) is 29.7. The standard InChI is InChI=1S/C21H25N5OS.C20H15F2N5OS.C19H16N6OS/c1-12-7-17(14(3)13(12)2)20(27)25-16-6-4-5-15(8-16)10-28-21-18-9-24-26-19(18)22-11-23-21;21-16-5-2-6-17(22)14(16)8-18(28)26-13-4-1-3-12(7-13)10-29-20-15-9-25-27-19(15)23-11-24-20;26-17(8-13-4-2-6-20-9-13)24-15-5-1-3-14(7-15)11-27-19-16-10-23-25-18(16)21-12-22-19/h4-6,8-9,11-14,17H,7,10H2,1-3H3,(H,25,27)(H,22,23,24,26);1-7,9,11H,8,10H2,(H,26,28)(H,23,24,25,27);1-7,9-10,12H,8,11H2,(H,24,26)(H,21,22,23,25)/t12-,13-,14-,17+;;/m1../s1. The first-order chi connectivity index (χ1) is 40.9. The number of benzene rings is 4. The van der Waals surface area contributed by atoms with E-state index in [9.17, 15) is 23.2 Å². The Balaban J connectivity index is 0.000000140. The molecule has 7 heterocycles. The van der Waals surface area contributed by atoms with Gasteiger partial charge in [0.25, 0.3) is 0 Å². The largest absolute Gasteiger partial charge is 0.326 e. The highest BCUT2D eigenvalue weighted by Crippen LogP contribution is 2.41. The van der Waals surface area contributed by atoms with Gasteiger partial charge in [-0.15, -0.1) is 35.3 Å². The number of anilines is 3. The molecule has 24 heteroatoms.